The van der Waals surface area contributed by atoms with E-state index in [1.54, 1.807) is 0 Å². The highest BCUT2D eigenvalue weighted by molar-refractivity contribution is 7.88. The smallest absolute Gasteiger partial charge is 0.0989 e. The second-order valence-electron chi connectivity index (χ2n) is 4.71. The first-order valence-electron chi connectivity index (χ1n) is 6.29. The summed E-state index contributed by atoms with van der Waals surface area (Å²) in [4.78, 5) is 10.8. The average molecular weight is 272 g/mol. The van der Waals surface area contributed by atoms with E-state index in [1.807, 2.05) is 36.4 Å². The summed E-state index contributed by atoms with van der Waals surface area (Å²) in [7, 11) is -1.65. The minimum atomic E-state index is -1.65. The molecular formula is C16H17O2P. The van der Waals surface area contributed by atoms with E-state index in [-0.39, 0.29) is 6.42 Å². The van der Waals surface area contributed by atoms with Crippen LogP contribution in [0, 0.1) is 0 Å². The van der Waals surface area contributed by atoms with Crippen LogP contribution < -0.4 is 15.7 Å². The van der Waals surface area contributed by atoms with Crippen molar-refractivity contribution in [1.82, 2.24) is 0 Å². The summed E-state index contributed by atoms with van der Waals surface area (Å²) in [5, 5.41) is 13.3. The highest BCUT2D eigenvalue weighted by Gasteiger charge is 2.36. The molecule has 2 aromatic carbocycles. The van der Waals surface area contributed by atoms with Crippen molar-refractivity contribution >= 4 is 23.8 Å². The maximum absolute atomic E-state index is 10.8. The van der Waals surface area contributed by atoms with Gasteiger partial charge in [0, 0.05) is 12.4 Å². The van der Waals surface area contributed by atoms with Crippen LogP contribution in [-0.2, 0) is 4.79 Å². The number of aliphatic carboxylic acids is 1. The maximum Gasteiger partial charge on any atom is 0.0989 e. The number of rotatable bonds is 5. The number of carboxylic acids is 1. The van der Waals surface area contributed by atoms with Gasteiger partial charge < -0.3 is 9.90 Å². The monoisotopic (exact) mass is 272 g/mol. The molecule has 0 atom stereocenters. The third kappa shape index (κ3) is 3.21. The van der Waals surface area contributed by atoms with E-state index in [1.165, 1.54) is 10.6 Å². The van der Waals surface area contributed by atoms with Crippen molar-refractivity contribution in [2.45, 2.75) is 6.42 Å². The Morgan fingerprint density at radius 2 is 1.37 bits per heavy atom. The van der Waals surface area contributed by atoms with Gasteiger partial charge in [-0.2, -0.15) is 0 Å². The SMILES string of the molecule is C[P+](CCC(=O)[O-])(c1ccccc1)c1ccccc1. The molecule has 2 rings (SSSR count). The molecule has 0 amide bonds. The lowest BCUT2D eigenvalue weighted by molar-refractivity contribution is -0.305. The number of benzene rings is 2. The van der Waals surface area contributed by atoms with Crippen LogP contribution in [0.25, 0.3) is 0 Å². The average Bonchev–Trinajstić information content (AvgIpc) is 2.46. The van der Waals surface area contributed by atoms with E-state index in [0.29, 0.717) is 6.16 Å². The van der Waals surface area contributed by atoms with Gasteiger partial charge in [-0.1, -0.05) is 36.4 Å². The molecular weight excluding hydrogens is 255 g/mol. The van der Waals surface area contributed by atoms with Crippen LogP contribution >= 0.6 is 7.26 Å². The van der Waals surface area contributed by atoms with Crippen molar-refractivity contribution in [3.8, 4) is 0 Å². The molecule has 0 saturated heterocycles. The molecule has 0 saturated carbocycles. The van der Waals surface area contributed by atoms with Crippen LogP contribution in [0.4, 0.5) is 0 Å². The van der Waals surface area contributed by atoms with Gasteiger partial charge in [0.25, 0.3) is 0 Å². The van der Waals surface area contributed by atoms with E-state index in [2.05, 4.69) is 30.9 Å². The zero-order valence-corrected chi connectivity index (χ0v) is 11.8. The Hall–Kier alpha value is -1.66. The minimum absolute atomic E-state index is 0.105. The summed E-state index contributed by atoms with van der Waals surface area (Å²) in [5.41, 5.74) is 0. The number of hydrogen-bond acceptors (Lipinski definition) is 2. The highest BCUT2D eigenvalue weighted by atomic mass is 31.2. The molecule has 0 N–H and O–H groups in total. The summed E-state index contributed by atoms with van der Waals surface area (Å²) < 4.78 is 0. The fraction of sp³-hybridized carbons (Fsp3) is 0.188. The standard InChI is InChI=1S/C16H17O2P/c1-19(13-12-16(17)18,14-8-4-2-5-9-14)15-10-6-3-7-11-15/h2-11H,12-13H2,1H3. The lowest BCUT2D eigenvalue weighted by Crippen LogP contribution is -2.29. The highest BCUT2D eigenvalue weighted by Crippen LogP contribution is 2.52. The Bertz CT molecular complexity index is 498. The van der Waals surface area contributed by atoms with Crippen molar-refractivity contribution in [2.75, 3.05) is 12.8 Å². The van der Waals surface area contributed by atoms with Crippen LogP contribution in [0.15, 0.2) is 60.7 Å². The van der Waals surface area contributed by atoms with Crippen LogP contribution in [0.3, 0.4) is 0 Å². The first-order chi connectivity index (χ1) is 9.13. The molecule has 0 bridgehead atoms. The Morgan fingerprint density at radius 3 is 1.74 bits per heavy atom. The molecule has 2 aromatic rings. The summed E-state index contributed by atoms with van der Waals surface area (Å²) >= 11 is 0. The molecule has 0 unspecified atom stereocenters. The van der Waals surface area contributed by atoms with Crippen molar-refractivity contribution in [3.63, 3.8) is 0 Å². The molecule has 0 spiro atoms. The van der Waals surface area contributed by atoms with E-state index in [9.17, 15) is 9.90 Å². The van der Waals surface area contributed by atoms with Gasteiger partial charge in [0.2, 0.25) is 0 Å². The largest absolute Gasteiger partial charge is 0.550 e. The fourth-order valence-electron chi connectivity index (χ4n) is 2.24. The molecule has 0 heterocycles. The summed E-state index contributed by atoms with van der Waals surface area (Å²) in [6.07, 6.45) is 0.747. The van der Waals surface area contributed by atoms with Crippen LogP contribution in [0.5, 0.6) is 0 Å². The summed E-state index contributed by atoms with van der Waals surface area (Å²) in [6, 6.07) is 20.4. The molecule has 2 nitrogen and oxygen atoms in total. The molecule has 0 aliphatic carbocycles. The molecule has 0 fully saturated rings. The first kappa shape index (κ1) is 13.8. The summed E-state index contributed by atoms with van der Waals surface area (Å²) in [6.45, 7) is 2.20. The van der Waals surface area contributed by atoms with Crippen LogP contribution in [0.2, 0.25) is 0 Å². The third-order valence-electron chi connectivity index (χ3n) is 3.42. The van der Waals surface area contributed by atoms with Crippen molar-refractivity contribution < 1.29 is 9.90 Å². The van der Waals surface area contributed by atoms with Crippen molar-refractivity contribution in [1.29, 1.82) is 0 Å². The van der Waals surface area contributed by atoms with Gasteiger partial charge in [-0.25, -0.2) is 0 Å². The van der Waals surface area contributed by atoms with Gasteiger partial charge in [0.05, 0.1) is 30.7 Å². The number of carbonyl (C=O) groups is 1. The van der Waals surface area contributed by atoms with E-state index in [0.717, 1.165) is 0 Å². The third-order valence-corrected chi connectivity index (χ3v) is 7.41. The van der Waals surface area contributed by atoms with Crippen molar-refractivity contribution in [2.24, 2.45) is 0 Å². The zero-order valence-electron chi connectivity index (χ0n) is 11.0. The van der Waals surface area contributed by atoms with Crippen LogP contribution in [-0.4, -0.2) is 18.8 Å². The van der Waals surface area contributed by atoms with Gasteiger partial charge in [0.1, 0.15) is 0 Å². The molecule has 0 aliphatic heterocycles. The van der Waals surface area contributed by atoms with Gasteiger partial charge in [-0.3, -0.25) is 0 Å². The van der Waals surface area contributed by atoms with Gasteiger partial charge in [-0.15, -0.1) is 0 Å². The Morgan fingerprint density at radius 1 is 0.947 bits per heavy atom. The topological polar surface area (TPSA) is 40.1 Å². The molecule has 19 heavy (non-hydrogen) atoms. The predicted molar refractivity (Wildman–Crippen MR) is 79.5 cm³/mol. The molecule has 0 aliphatic rings. The van der Waals surface area contributed by atoms with Crippen LogP contribution in [0.1, 0.15) is 6.42 Å². The van der Waals surface area contributed by atoms with E-state index >= 15 is 0 Å². The lowest BCUT2D eigenvalue weighted by Gasteiger charge is -2.23. The number of carboxylic acid groups (broad SMARTS) is 1. The normalized spacial score (nSPS) is 11.2. The zero-order chi connectivity index (χ0) is 13.7. The molecule has 3 heteroatoms. The Labute approximate surface area is 114 Å². The van der Waals surface area contributed by atoms with Crippen molar-refractivity contribution in [3.05, 3.63) is 60.7 Å². The second-order valence-corrected chi connectivity index (χ2v) is 8.57. The van der Waals surface area contributed by atoms with Gasteiger partial charge in [0.15, 0.2) is 0 Å². The maximum atomic E-state index is 10.8. The van der Waals surface area contributed by atoms with E-state index < -0.39 is 13.2 Å². The Balaban J connectivity index is 2.41. The second kappa shape index (κ2) is 5.99. The number of carbonyl (C=O) groups excluding carboxylic acids is 1. The predicted octanol–water partition coefficient (Wildman–Crippen LogP) is 1.42. The number of hydrogen-bond donors (Lipinski definition) is 0. The summed E-state index contributed by atoms with van der Waals surface area (Å²) in [5.74, 6) is -0.974. The Kier molecular flexibility index (Phi) is 4.34. The van der Waals surface area contributed by atoms with Gasteiger partial charge in [-0.05, 0) is 24.3 Å². The van der Waals surface area contributed by atoms with E-state index in [4.69, 9.17) is 0 Å². The lowest BCUT2D eigenvalue weighted by atomic mass is 10.4. The minimum Gasteiger partial charge on any atom is -0.550 e. The van der Waals surface area contributed by atoms with Gasteiger partial charge >= 0.3 is 0 Å². The quantitative estimate of drug-likeness (QED) is 0.772. The fourth-order valence-corrected chi connectivity index (χ4v) is 5.34. The molecule has 98 valence electrons. The molecule has 0 aromatic heterocycles. The first-order valence-corrected chi connectivity index (χ1v) is 8.72. The molecule has 0 radical (unpaired) electrons.